The Kier molecular flexibility index (Phi) is 7.08. The normalized spacial score (nSPS) is 9.33. The number of hydrogen-bond acceptors (Lipinski definition) is 2. The first-order valence-electron chi connectivity index (χ1n) is 5.04. The molecule has 15 heavy (non-hydrogen) atoms. The summed E-state index contributed by atoms with van der Waals surface area (Å²) in [4.78, 5) is 23.3. The van der Waals surface area contributed by atoms with Crippen molar-refractivity contribution in [1.82, 2.24) is 4.90 Å². The molecular formula is C11H17NO3. The van der Waals surface area contributed by atoms with Gasteiger partial charge in [0.25, 0.3) is 0 Å². The van der Waals surface area contributed by atoms with Gasteiger partial charge < -0.3 is 10.0 Å². The fraction of sp³-hybridized carbons (Fsp3) is 0.636. The fourth-order valence-corrected chi connectivity index (χ4v) is 1.20. The third-order valence-corrected chi connectivity index (χ3v) is 2.05. The van der Waals surface area contributed by atoms with Gasteiger partial charge in [0.15, 0.2) is 0 Å². The molecule has 0 saturated heterocycles. The third-order valence-electron chi connectivity index (χ3n) is 2.05. The summed E-state index contributed by atoms with van der Waals surface area (Å²) in [6.45, 7) is 2.79. The average molecular weight is 211 g/mol. The molecule has 4 nitrogen and oxygen atoms in total. The van der Waals surface area contributed by atoms with Crippen molar-refractivity contribution < 1.29 is 14.7 Å². The monoisotopic (exact) mass is 211 g/mol. The van der Waals surface area contributed by atoms with Gasteiger partial charge in [-0.2, -0.15) is 0 Å². The second-order valence-electron chi connectivity index (χ2n) is 3.21. The van der Waals surface area contributed by atoms with E-state index in [9.17, 15) is 9.59 Å². The number of carbonyl (C=O) groups excluding carboxylic acids is 1. The molecule has 0 aromatic rings. The summed E-state index contributed by atoms with van der Waals surface area (Å²) in [5.74, 6) is 1.60. The van der Waals surface area contributed by atoms with Crippen LogP contribution in [-0.4, -0.2) is 35.0 Å². The highest BCUT2D eigenvalue weighted by Gasteiger charge is 2.09. The van der Waals surface area contributed by atoms with Crippen LogP contribution in [0.5, 0.6) is 0 Å². The smallest absolute Gasteiger partial charge is 0.303 e. The van der Waals surface area contributed by atoms with Crippen LogP contribution in [0.4, 0.5) is 0 Å². The third kappa shape index (κ3) is 6.55. The van der Waals surface area contributed by atoms with E-state index in [0.717, 1.165) is 0 Å². The molecule has 0 rings (SSSR count). The number of unbranched alkanes of at least 4 members (excludes halogenated alkanes) is 1. The van der Waals surface area contributed by atoms with Crippen molar-refractivity contribution in [3.8, 4) is 12.3 Å². The average Bonchev–Trinajstić information content (AvgIpc) is 2.20. The van der Waals surface area contributed by atoms with Crippen molar-refractivity contribution in [3.63, 3.8) is 0 Å². The van der Waals surface area contributed by atoms with Gasteiger partial charge in [-0.25, -0.2) is 0 Å². The Morgan fingerprint density at radius 2 is 1.93 bits per heavy atom. The van der Waals surface area contributed by atoms with Gasteiger partial charge in [0.1, 0.15) is 0 Å². The molecule has 0 aliphatic carbocycles. The summed E-state index contributed by atoms with van der Waals surface area (Å²) in [5.41, 5.74) is 0. The Balaban J connectivity index is 3.72. The number of carboxylic acid groups (broad SMARTS) is 1. The number of amides is 1. The Bertz CT molecular complexity index is 255. The number of hydrogen-bond donors (Lipinski definition) is 1. The summed E-state index contributed by atoms with van der Waals surface area (Å²) in [7, 11) is 0. The van der Waals surface area contributed by atoms with Crippen LogP contribution >= 0.6 is 0 Å². The molecule has 0 spiro atoms. The molecule has 0 aliphatic heterocycles. The SMILES string of the molecule is C#CCN(CC)C(=O)CCCCC(=O)O. The highest BCUT2D eigenvalue weighted by atomic mass is 16.4. The lowest BCUT2D eigenvalue weighted by atomic mass is 10.2. The van der Waals surface area contributed by atoms with Gasteiger partial charge in [-0.1, -0.05) is 5.92 Å². The van der Waals surface area contributed by atoms with Crippen molar-refractivity contribution in [1.29, 1.82) is 0 Å². The molecule has 0 heterocycles. The summed E-state index contributed by atoms with van der Waals surface area (Å²) in [6, 6.07) is 0. The number of carbonyl (C=O) groups is 2. The minimum absolute atomic E-state index is 0.000777. The van der Waals surface area contributed by atoms with Crippen LogP contribution in [0, 0.1) is 12.3 Å². The lowest BCUT2D eigenvalue weighted by Gasteiger charge is -2.17. The van der Waals surface area contributed by atoms with E-state index in [1.54, 1.807) is 4.90 Å². The number of terminal acetylenes is 1. The maximum absolute atomic E-state index is 11.5. The summed E-state index contributed by atoms with van der Waals surface area (Å²) in [6.07, 6.45) is 6.75. The van der Waals surface area contributed by atoms with Crippen LogP contribution in [0.25, 0.3) is 0 Å². The van der Waals surface area contributed by atoms with Gasteiger partial charge in [0.05, 0.1) is 6.54 Å². The van der Waals surface area contributed by atoms with E-state index in [4.69, 9.17) is 11.5 Å². The first-order valence-corrected chi connectivity index (χ1v) is 5.04. The molecule has 0 aliphatic rings. The van der Waals surface area contributed by atoms with Gasteiger partial charge >= 0.3 is 5.97 Å². The molecule has 0 saturated carbocycles. The minimum atomic E-state index is -0.821. The molecule has 4 heteroatoms. The summed E-state index contributed by atoms with van der Waals surface area (Å²) < 4.78 is 0. The zero-order chi connectivity index (χ0) is 11.7. The lowest BCUT2D eigenvalue weighted by Crippen LogP contribution is -2.30. The molecule has 0 fully saturated rings. The Labute approximate surface area is 90.3 Å². The second kappa shape index (κ2) is 7.86. The van der Waals surface area contributed by atoms with E-state index in [0.29, 0.717) is 32.4 Å². The van der Waals surface area contributed by atoms with E-state index >= 15 is 0 Å². The maximum Gasteiger partial charge on any atom is 0.303 e. The Morgan fingerprint density at radius 3 is 2.40 bits per heavy atom. The standard InChI is InChI=1S/C11H17NO3/c1-3-9-12(4-2)10(13)7-5-6-8-11(14)15/h1H,4-9H2,2H3,(H,14,15). The van der Waals surface area contributed by atoms with Crippen LogP contribution < -0.4 is 0 Å². The van der Waals surface area contributed by atoms with Gasteiger partial charge in [0.2, 0.25) is 5.91 Å². The molecule has 1 amide bonds. The molecule has 0 bridgehead atoms. The minimum Gasteiger partial charge on any atom is -0.481 e. The highest BCUT2D eigenvalue weighted by molar-refractivity contribution is 5.76. The largest absolute Gasteiger partial charge is 0.481 e. The molecule has 0 radical (unpaired) electrons. The van der Waals surface area contributed by atoms with Crippen molar-refractivity contribution in [3.05, 3.63) is 0 Å². The highest BCUT2D eigenvalue weighted by Crippen LogP contribution is 2.03. The molecule has 84 valence electrons. The van der Waals surface area contributed by atoms with E-state index in [-0.39, 0.29) is 12.3 Å². The second-order valence-corrected chi connectivity index (χ2v) is 3.21. The van der Waals surface area contributed by atoms with Crippen LogP contribution in [0.2, 0.25) is 0 Å². The quantitative estimate of drug-likeness (QED) is 0.507. The number of carboxylic acids is 1. The fourth-order valence-electron chi connectivity index (χ4n) is 1.20. The predicted molar refractivity (Wildman–Crippen MR) is 57.2 cm³/mol. The van der Waals surface area contributed by atoms with Crippen molar-refractivity contribution in [2.24, 2.45) is 0 Å². The van der Waals surface area contributed by atoms with Crippen molar-refractivity contribution in [2.45, 2.75) is 32.6 Å². The first-order chi connectivity index (χ1) is 7.11. The summed E-state index contributed by atoms with van der Waals surface area (Å²) in [5, 5.41) is 8.40. The lowest BCUT2D eigenvalue weighted by molar-refractivity contribution is -0.137. The Hall–Kier alpha value is -1.50. The zero-order valence-corrected chi connectivity index (χ0v) is 9.03. The zero-order valence-electron chi connectivity index (χ0n) is 9.03. The molecular weight excluding hydrogens is 194 g/mol. The van der Waals surface area contributed by atoms with Crippen LogP contribution in [0.15, 0.2) is 0 Å². The van der Waals surface area contributed by atoms with Gasteiger partial charge in [-0.3, -0.25) is 9.59 Å². The predicted octanol–water partition coefficient (Wildman–Crippen LogP) is 1.11. The maximum atomic E-state index is 11.5. The van der Waals surface area contributed by atoms with Crippen LogP contribution in [-0.2, 0) is 9.59 Å². The van der Waals surface area contributed by atoms with Crippen LogP contribution in [0.1, 0.15) is 32.6 Å². The van der Waals surface area contributed by atoms with Gasteiger partial charge in [-0.15, -0.1) is 6.42 Å². The molecule has 0 atom stereocenters. The Morgan fingerprint density at radius 1 is 1.33 bits per heavy atom. The number of aliphatic carboxylic acids is 1. The van der Waals surface area contributed by atoms with E-state index in [1.165, 1.54) is 0 Å². The first kappa shape index (κ1) is 13.5. The van der Waals surface area contributed by atoms with Gasteiger partial charge in [-0.05, 0) is 19.8 Å². The van der Waals surface area contributed by atoms with Crippen LogP contribution in [0.3, 0.4) is 0 Å². The van der Waals surface area contributed by atoms with E-state index in [2.05, 4.69) is 5.92 Å². The molecule has 0 unspecified atom stereocenters. The van der Waals surface area contributed by atoms with Crippen molar-refractivity contribution in [2.75, 3.05) is 13.1 Å². The number of rotatable bonds is 7. The summed E-state index contributed by atoms with van der Waals surface area (Å²) >= 11 is 0. The molecule has 0 aromatic heterocycles. The van der Waals surface area contributed by atoms with Crippen molar-refractivity contribution >= 4 is 11.9 Å². The number of nitrogens with zero attached hydrogens (tertiary/aromatic N) is 1. The molecule has 1 N–H and O–H groups in total. The van der Waals surface area contributed by atoms with Gasteiger partial charge in [0, 0.05) is 19.4 Å². The topological polar surface area (TPSA) is 57.6 Å². The molecule has 0 aromatic carbocycles. The van der Waals surface area contributed by atoms with E-state index < -0.39 is 5.97 Å². The van der Waals surface area contributed by atoms with E-state index in [1.807, 2.05) is 6.92 Å².